The average molecular weight is 313 g/mol. The van der Waals surface area contributed by atoms with Crippen molar-refractivity contribution in [1.82, 2.24) is 9.55 Å². The van der Waals surface area contributed by atoms with Gasteiger partial charge in [0.1, 0.15) is 5.82 Å². The van der Waals surface area contributed by atoms with E-state index in [1.807, 2.05) is 13.8 Å². The van der Waals surface area contributed by atoms with Gasteiger partial charge in [0.2, 0.25) is 0 Å². The monoisotopic (exact) mass is 313 g/mol. The summed E-state index contributed by atoms with van der Waals surface area (Å²) in [6.45, 7) is 3.29. The lowest BCUT2D eigenvalue weighted by Gasteiger charge is -2.11. The van der Waals surface area contributed by atoms with Gasteiger partial charge in [0.05, 0.1) is 18.6 Å². The van der Waals surface area contributed by atoms with Gasteiger partial charge < -0.3 is 9.67 Å². The van der Waals surface area contributed by atoms with Crippen molar-refractivity contribution < 1.29 is 17.9 Å². The maximum atomic E-state index is 13.8. The molecule has 0 atom stereocenters. The van der Waals surface area contributed by atoms with Gasteiger partial charge >= 0.3 is 0 Å². The quantitative estimate of drug-likeness (QED) is 0.883. The van der Waals surface area contributed by atoms with E-state index in [0.717, 1.165) is 6.07 Å². The number of hydrogen-bond acceptors (Lipinski definition) is 4. The number of rotatable bonds is 5. The summed E-state index contributed by atoms with van der Waals surface area (Å²) in [6, 6.07) is 4.01. The number of aromatic nitrogens is 2. The summed E-state index contributed by atoms with van der Waals surface area (Å²) in [5.41, 5.74) is -0.110. The highest BCUT2D eigenvalue weighted by atomic mass is 32.2. The second-order valence-electron chi connectivity index (χ2n) is 4.79. The summed E-state index contributed by atoms with van der Waals surface area (Å²) < 4.78 is 42.0. The Bertz CT molecular complexity index is 741. The van der Waals surface area contributed by atoms with Gasteiger partial charge in [-0.1, -0.05) is 12.1 Å². The fraction of sp³-hybridized carbons (Fsp3) is 0.308. The summed E-state index contributed by atoms with van der Waals surface area (Å²) in [5, 5.41) is 8.96. The van der Waals surface area contributed by atoms with Crippen LogP contribution < -0.4 is 4.72 Å². The van der Waals surface area contributed by atoms with Crippen molar-refractivity contribution in [2.45, 2.75) is 31.5 Å². The lowest BCUT2D eigenvalue weighted by molar-refractivity contribution is 0.282. The Kier molecular flexibility index (Phi) is 4.29. The Morgan fingerprint density at radius 3 is 2.71 bits per heavy atom. The van der Waals surface area contributed by atoms with Crippen LogP contribution in [0.3, 0.4) is 0 Å². The molecule has 2 N–H and O–H groups in total. The van der Waals surface area contributed by atoms with Gasteiger partial charge in [-0.3, -0.25) is 4.72 Å². The van der Waals surface area contributed by atoms with E-state index in [4.69, 9.17) is 5.11 Å². The number of anilines is 1. The van der Waals surface area contributed by atoms with Gasteiger partial charge in [-0.25, -0.2) is 9.37 Å². The first-order chi connectivity index (χ1) is 9.85. The van der Waals surface area contributed by atoms with Gasteiger partial charge in [-0.15, -0.1) is 0 Å². The van der Waals surface area contributed by atoms with Crippen LogP contribution in [0.4, 0.5) is 10.1 Å². The third-order valence-corrected chi connectivity index (χ3v) is 4.19. The number of nitrogens with zero attached hydrogens (tertiary/aromatic N) is 2. The molecule has 114 valence electrons. The predicted molar refractivity (Wildman–Crippen MR) is 75.7 cm³/mol. The molecule has 1 aromatic carbocycles. The highest BCUT2D eigenvalue weighted by Crippen LogP contribution is 2.23. The van der Waals surface area contributed by atoms with Crippen molar-refractivity contribution in [3.63, 3.8) is 0 Å². The number of imidazole rings is 1. The van der Waals surface area contributed by atoms with Crippen molar-refractivity contribution in [1.29, 1.82) is 0 Å². The number of aliphatic hydroxyl groups excluding tert-OH is 1. The van der Waals surface area contributed by atoms with E-state index in [1.54, 1.807) is 4.57 Å². The summed E-state index contributed by atoms with van der Waals surface area (Å²) in [4.78, 5) is 3.82. The van der Waals surface area contributed by atoms with E-state index in [0.29, 0.717) is 0 Å². The number of nitrogens with one attached hydrogen (secondary N) is 1. The molecule has 0 saturated heterocycles. The molecule has 8 heteroatoms. The van der Waals surface area contributed by atoms with Crippen LogP contribution in [0.5, 0.6) is 0 Å². The number of para-hydroxylation sites is 1. The Morgan fingerprint density at radius 2 is 2.14 bits per heavy atom. The van der Waals surface area contributed by atoms with Crippen molar-refractivity contribution in [3.8, 4) is 0 Å². The van der Waals surface area contributed by atoms with Crippen LogP contribution in [0, 0.1) is 5.82 Å². The highest BCUT2D eigenvalue weighted by molar-refractivity contribution is 7.92. The molecular weight excluding hydrogens is 297 g/mol. The maximum Gasteiger partial charge on any atom is 0.281 e. The van der Waals surface area contributed by atoms with Crippen LogP contribution in [-0.4, -0.2) is 23.1 Å². The molecule has 0 aliphatic heterocycles. The van der Waals surface area contributed by atoms with E-state index >= 15 is 0 Å². The van der Waals surface area contributed by atoms with Crippen LogP contribution in [0.1, 0.15) is 25.5 Å². The van der Waals surface area contributed by atoms with E-state index in [9.17, 15) is 12.8 Å². The van der Waals surface area contributed by atoms with Crippen molar-refractivity contribution in [2.75, 3.05) is 4.72 Å². The highest BCUT2D eigenvalue weighted by Gasteiger charge is 2.21. The van der Waals surface area contributed by atoms with Gasteiger partial charge in [-0.2, -0.15) is 8.42 Å². The molecule has 0 fully saturated rings. The molecule has 0 radical (unpaired) electrons. The molecule has 0 aliphatic rings. The molecule has 0 aliphatic carbocycles. The van der Waals surface area contributed by atoms with Crippen LogP contribution in [0.15, 0.2) is 35.7 Å². The summed E-state index contributed by atoms with van der Waals surface area (Å²) in [6.07, 6.45) is 2.76. The van der Waals surface area contributed by atoms with Crippen molar-refractivity contribution in [2.24, 2.45) is 0 Å². The van der Waals surface area contributed by atoms with Crippen LogP contribution in [-0.2, 0) is 16.6 Å². The first kappa shape index (κ1) is 15.5. The molecule has 1 aromatic heterocycles. The van der Waals surface area contributed by atoms with Crippen LogP contribution in [0.25, 0.3) is 0 Å². The zero-order valence-corrected chi connectivity index (χ0v) is 12.4. The molecule has 21 heavy (non-hydrogen) atoms. The molecular formula is C13H16FN3O3S. The van der Waals surface area contributed by atoms with Gasteiger partial charge in [0.15, 0.2) is 5.03 Å². The molecule has 1 heterocycles. The van der Waals surface area contributed by atoms with Crippen LogP contribution in [0.2, 0.25) is 0 Å². The SMILES string of the molecule is CC(C)n1cnc(S(=O)(=O)Nc2c(F)cccc2CO)c1. The Labute approximate surface area is 122 Å². The Balaban J connectivity index is 2.37. The zero-order chi connectivity index (χ0) is 15.6. The molecule has 0 unspecified atom stereocenters. The van der Waals surface area contributed by atoms with Crippen molar-refractivity contribution in [3.05, 3.63) is 42.1 Å². The summed E-state index contributed by atoms with van der Waals surface area (Å²) >= 11 is 0. The number of halogens is 1. The van der Waals surface area contributed by atoms with Crippen LogP contribution >= 0.6 is 0 Å². The summed E-state index contributed by atoms with van der Waals surface area (Å²) in [7, 11) is -4.01. The smallest absolute Gasteiger partial charge is 0.281 e. The predicted octanol–water partition coefficient (Wildman–Crippen LogP) is 1.90. The zero-order valence-electron chi connectivity index (χ0n) is 11.6. The molecule has 2 rings (SSSR count). The number of benzene rings is 1. The molecule has 0 saturated carbocycles. The molecule has 0 spiro atoms. The first-order valence-corrected chi connectivity index (χ1v) is 7.78. The summed E-state index contributed by atoms with van der Waals surface area (Å²) in [5.74, 6) is -0.756. The Morgan fingerprint density at radius 1 is 1.43 bits per heavy atom. The van der Waals surface area contributed by atoms with Gasteiger partial charge in [0.25, 0.3) is 10.0 Å². The minimum Gasteiger partial charge on any atom is -0.392 e. The number of hydrogen-bond donors (Lipinski definition) is 2. The topological polar surface area (TPSA) is 84.2 Å². The normalized spacial score (nSPS) is 11.9. The fourth-order valence-corrected chi connectivity index (χ4v) is 2.79. The molecule has 0 bridgehead atoms. The molecule has 6 nitrogen and oxygen atoms in total. The van der Waals surface area contributed by atoms with Gasteiger partial charge in [0, 0.05) is 17.8 Å². The third-order valence-electron chi connectivity index (χ3n) is 2.96. The second kappa shape index (κ2) is 5.82. The minimum atomic E-state index is -4.01. The van der Waals surface area contributed by atoms with E-state index in [-0.39, 0.29) is 22.3 Å². The Hall–Kier alpha value is -1.93. The third kappa shape index (κ3) is 3.22. The van der Waals surface area contributed by atoms with Gasteiger partial charge in [-0.05, 0) is 19.9 Å². The largest absolute Gasteiger partial charge is 0.392 e. The lowest BCUT2D eigenvalue weighted by Crippen LogP contribution is -2.16. The molecule has 0 amide bonds. The number of sulfonamides is 1. The number of aliphatic hydroxyl groups is 1. The standard InChI is InChI=1S/C13H16FN3O3S/c1-9(2)17-6-12(15-8-17)21(19,20)16-13-10(7-18)4-3-5-11(13)14/h3-6,8-9,16,18H,7H2,1-2H3. The van der Waals surface area contributed by atoms with E-state index in [2.05, 4.69) is 9.71 Å². The first-order valence-electron chi connectivity index (χ1n) is 6.29. The van der Waals surface area contributed by atoms with Crippen molar-refractivity contribution >= 4 is 15.7 Å². The maximum absolute atomic E-state index is 13.8. The average Bonchev–Trinajstić information content (AvgIpc) is 2.91. The molecule has 2 aromatic rings. The lowest BCUT2D eigenvalue weighted by atomic mass is 10.2. The van der Waals surface area contributed by atoms with E-state index in [1.165, 1.54) is 24.7 Å². The minimum absolute atomic E-state index is 0.0583. The fourth-order valence-electron chi connectivity index (χ4n) is 1.74. The van der Waals surface area contributed by atoms with E-state index < -0.39 is 22.4 Å². The second-order valence-corrected chi connectivity index (χ2v) is 6.42.